The van der Waals surface area contributed by atoms with Crippen LogP contribution in [0.2, 0.25) is 0 Å². The summed E-state index contributed by atoms with van der Waals surface area (Å²) >= 11 is 0. The number of benzene rings is 1. The van der Waals surface area contributed by atoms with Crippen LogP contribution in [0.15, 0.2) is 42.5 Å². The molecule has 7 nitrogen and oxygen atoms in total. The van der Waals surface area contributed by atoms with Gasteiger partial charge in [-0.1, -0.05) is 42.5 Å². The van der Waals surface area contributed by atoms with Gasteiger partial charge in [0.1, 0.15) is 12.2 Å². The van der Waals surface area contributed by atoms with E-state index < -0.39 is 18.7 Å². The second-order valence-corrected chi connectivity index (χ2v) is 10.4. The third-order valence-electron chi connectivity index (χ3n) is 8.94. The van der Waals surface area contributed by atoms with Crippen molar-refractivity contribution in [1.29, 1.82) is 0 Å². The zero-order valence-corrected chi connectivity index (χ0v) is 19.0. The van der Waals surface area contributed by atoms with Gasteiger partial charge in [0.15, 0.2) is 18.7 Å². The number of allylic oxidation sites excluding steroid dienone is 2. The van der Waals surface area contributed by atoms with Crippen molar-refractivity contribution in [3.8, 4) is 0 Å². The van der Waals surface area contributed by atoms with E-state index in [0.717, 1.165) is 11.5 Å². The minimum absolute atomic E-state index is 0.115. The number of carbonyl (C=O) groups is 1. The first-order valence-corrected chi connectivity index (χ1v) is 12.3. The van der Waals surface area contributed by atoms with E-state index in [0.29, 0.717) is 36.4 Å². The molecule has 3 heterocycles. The Hall–Kier alpha value is -1.77. The van der Waals surface area contributed by atoms with Crippen molar-refractivity contribution in [2.45, 2.75) is 68.8 Å². The van der Waals surface area contributed by atoms with Crippen molar-refractivity contribution in [1.82, 2.24) is 4.90 Å². The van der Waals surface area contributed by atoms with Gasteiger partial charge in [-0.25, -0.2) is 0 Å². The van der Waals surface area contributed by atoms with Gasteiger partial charge in [-0.15, -0.1) is 0 Å². The van der Waals surface area contributed by atoms with E-state index in [-0.39, 0.29) is 24.2 Å². The smallest absolute Gasteiger partial charge is 0.303 e. The molecule has 0 spiro atoms. The number of carbonyl (C=O) groups excluding carboxylic acids is 1. The molecule has 13 atom stereocenters. The standard InChI is InChI=1S/C26H31NO6/c1-13(28)31-24-22(27-20-17-11-18(21(20)27)16-10-6-9-15(16)17)23-19(32-26(24)29-2)12-30-25(33-23)14-7-4-3-5-8-14/h3-9,15-26H,10-12H2,1-2H3/t15-,16+,17-,18-,19+,20+,21+,22+,23+,24-,25-,26-,27?/m0/s1. The average Bonchev–Trinajstić information content (AvgIpc) is 3.15. The van der Waals surface area contributed by atoms with Gasteiger partial charge >= 0.3 is 5.97 Å². The minimum atomic E-state index is -0.640. The van der Waals surface area contributed by atoms with Crippen molar-refractivity contribution in [3.05, 3.63) is 48.0 Å². The molecule has 3 aliphatic carbocycles. The second-order valence-electron chi connectivity index (χ2n) is 10.4. The highest BCUT2D eigenvalue weighted by Gasteiger charge is 2.74. The van der Waals surface area contributed by atoms with Crippen LogP contribution in [0.25, 0.3) is 0 Å². The van der Waals surface area contributed by atoms with Gasteiger partial charge in [-0.05, 0) is 36.5 Å². The number of likely N-dealkylation sites (tertiary alicyclic amines) is 1. The lowest BCUT2D eigenvalue weighted by Gasteiger charge is -2.49. The lowest BCUT2D eigenvalue weighted by molar-refractivity contribution is -0.347. The van der Waals surface area contributed by atoms with Crippen molar-refractivity contribution in [2.75, 3.05) is 13.7 Å². The lowest BCUT2D eigenvalue weighted by atomic mass is 9.82. The predicted octanol–water partition coefficient (Wildman–Crippen LogP) is 2.67. The van der Waals surface area contributed by atoms with E-state index in [1.54, 1.807) is 7.11 Å². The van der Waals surface area contributed by atoms with E-state index in [4.69, 9.17) is 23.7 Å². The van der Waals surface area contributed by atoms with Crippen LogP contribution in [0.4, 0.5) is 0 Å². The Morgan fingerprint density at radius 1 is 1.06 bits per heavy atom. The lowest BCUT2D eigenvalue weighted by Crippen LogP contribution is -2.66. The molecule has 1 aromatic carbocycles. The summed E-state index contributed by atoms with van der Waals surface area (Å²) in [6.07, 6.45) is 5.18. The molecule has 2 saturated carbocycles. The molecule has 3 aliphatic heterocycles. The minimum Gasteiger partial charge on any atom is -0.455 e. The molecule has 3 saturated heterocycles. The largest absolute Gasteiger partial charge is 0.455 e. The van der Waals surface area contributed by atoms with Crippen LogP contribution in [-0.2, 0) is 28.5 Å². The van der Waals surface area contributed by atoms with Crippen LogP contribution in [0.5, 0.6) is 0 Å². The molecule has 2 bridgehead atoms. The molecule has 1 unspecified atom stereocenters. The van der Waals surface area contributed by atoms with Crippen LogP contribution in [0, 0.1) is 23.7 Å². The Labute approximate surface area is 193 Å². The number of esters is 1. The third kappa shape index (κ3) is 3.03. The molecule has 1 aromatic rings. The summed E-state index contributed by atoms with van der Waals surface area (Å²) in [6.45, 7) is 1.87. The summed E-state index contributed by atoms with van der Waals surface area (Å²) < 4.78 is 30.5. The van der Waals surface area contributed by atoms with Crippen molar-refractivity contribution >= 4 is 5.97 Å². The normalized spacial score (nSPS) is 51.0. The maximum atomic E-state index is 12.1. The summed E-state index contributed by atoms with van der Waals surface area (Å²) in [6, 6.07) is 11.0. The van der Waals surface area contributed by atoms with Crippen molar-refractivity contribution in [2.24, 2.45) is 23.7 Å². The Morgan fingerprint density at radius 2 is 1.88 bits per heavy atom. The first-order chi connectivity index (χ1) is 16.2. The Kier molecular flexibility index (Phi) is 4.75. The Morgan fingerprint density at radius 3 is 2.67 bits per heavy atom. The summed E-state index contributed by atoms with van der Waals surface area (Å²) in [5, 5.41) is 0. The molecular weight excluding hydrogens is 422 g/mol. The van der Waals surface area contributed by atoms with Crippen LogP contribution in [0.3, 0.4) is 0 Å². The van der Waals surface area contributed by atoms with Gasteiger partial charge in [0.05, 0.1) is 12.6 Å². The highest BCUT2D eigenvalue weighted by molar-refractivity contribution is 5.66. The second kappa shape index (κ2) is 7.62. The zero-order valence-electron chi connectivity index (χ0n) is 19.0. The van der Waals surface area contributed by atoms with E-state index in [2.05, 4.69) is 17.1 Å². The molecule has 6 aliphatic rings. The van der Waals surface area contributed by atoms with Crippen molar-refractivity contribution in [3.63, 3.8) is 0 Å². The Balaban J connectivity index is 1.22. The van der Waals surface area contributed by atoms with Gasteiger partial charge in [-0.3, -0.25) is 9.69 Å². The maximum Gasteiger partial charge on any atom is 0.303 e. The van der Waals surface area contributed by atoms with Crippen LogP contribution in [0.1, 0.15) is 31.6 Å². The molecule has 33 heavy (non-hydrogen) atoms. The highest BCUT2D eigenvalue weighted by atomic mass is 16.8. The van der Waals surface area contributed by atoms with Gasteiger partial charge in [0.25, 0.3) is 0 Å². The number of hydrogen-bond donors (Lipinski definition) is 0. The first-order valence-electron chi connectivity index (χ1n) is 12.3. The fourth-order valence-corrected chi connectivity index (χ4v) is 7.84. The number of ether oxygens (including phenoxy) is 5. The molecule has 5 fully saturated rings. The molecule has 7 rings (SSSR count). The number of methoxy groups -OCH3 is 1. The van der Waals surface area contributed by atoms with Crippen LogP contribution >= 0.6 is 0 Å². The number of piperidine rings is 1. The summed E-state index contributed by atoms with van der Waals surface area (Å²) in [5.74, 6) is 2.55. The van der Waals surface area contributed by atoms with Gasteiger partial charge < -0.3 is 23.7 Å². The molecule has 0 radical (unpaired) electrons. The summed E-state index contributed by atoms with van der Waals surface area (Å²) in [5.41, 5.74) is 0.985. The fourth-order valence-electron chi connectivity index (χ4n) is 7.84. The van der Waals surface area contributed by atoms with Gasteiger partial charge in [0, 0.05) is 31.7 Å². The van der Waals surface area contributed by atoms with E-state index in [1.807, 2.05) is 30.3 Å². The molecule has 0 amide bonds. The van der Waals surface area contributed by atoms with E-state index >= 15 is 0 Å². The van der Waals surface area contributed by atoms with Gasteiger partial charge in [-0.2, -0.15) is 0 Å². The quantitative estimate of drug-likeness (QED) is 0.395. The monoisotopic (exact) mass is 453 g/mol. The summed E-state index contributed by atoms with van der Waals surface area (Å²) in [7, 11) is 1.61. The number of hydrogen-bond acceptors (Lipinski definition) is 7. The fraction of sp³-hybridized carbons (Fsp3) is 0.654. The number of fused-ring (bicyclic) bond motifs is 9. The highest BCUT2D eigenvalue weighted by Crippen LogP contribution is 2.67. The topological polar surface area (TPSA) is 66.2 Å². The van der Waals surface area contributed by atoms with Crippen LogP contribution in [-0.4, -0.2) is 67.3 Å². The predicted molar refractivity (Wildman–Crippen MR) is 117 cm³/mol. The summed E-state index contributed by atoms with van der Waals surface area (Å²) in [4.78, 5) is 14.7. The zero-order chi connectivity index (χ0) is 22.3. The molecule has 7 heteroatoms. The van der Waals surface area contributed by atoms with E-state index in [1.165, 1.54) is 19.8 Å². The van der Waals surface area contributed by atoms with Crippen molar-refractivity contribution < 1.29 is 28.5 Å². The van der Waals surface area contributed by atoms with E-state index in [9.17, 15) is 4.79 Å². The third-order valence-corrected chi connectivity index (χ3v) is 8.94. The van der Waals surface area contributed by atoms with Gasteiger partial charge in [0.2, 0.25) is 0 Å². The molecule has 176 valence electrons. The Bertz CT molecular complexity index is 953. The first kappa shape index (κ1) is 20.6. The average molecular weight is 454 g/mol. The SMILES string of the molecule is CO[C@H]1O[C@@H]2CO[C@H](c3ccccc3)O[C@H]2[C@@H](N2[C@@H]3[C@H]4C[C@@H]([C@@H]5CC=C[C@@H]54)[C@H]32)[C@@H]1OC(C)=O. The molecule has 0 N–H and O–H groups in total. The maximum absolute atomic E-state index is 12.1. The molecule has 0 aromatic heterocycles. The number of nitrogens with zero attached hydrogens (tertiary/aromatic N) is 1. The number of rotatable bonds is 4. The van der Waals surface area contributed by atoms with Crippen LogP contribution < -0.4 is 0 Å². The molecular formula is C26H31NO6.